The lowest BCUT2D eigenvalue weighted by Crippen LogP contribution is -2.26. The molecule has 1 saturated heterocycles. The summed E-state index contributed by atoms with van der Waals surface area (Å²) < 4.78 is 27.9. The minimum atomic E-state index is -1.42. The average Bonchev–Trinajstić information content (AvgIpc) is 2.55. The summed E-state index contributed by atoms with van der Waals surface area (Å²) in [6, 6.07) is 0. The Hall–Kier alpha value is -0.650. The van der Waals surface area contributed by atoms with Gasteiger partial charge in [0.15, 0.2) is 6.10 Å². The molecule has 1 aliphatic rings. The highest BCUT2D eigenvalue weighted by Gasteiger charge is 2.38. The van der Waals surface area contributed by atoms with Gasteiger partial charge >= 0.3 is 5.97 Å². The number of carbonyl (C=O) groups is 1. The summed E-state index contributed by atoms with van der Waals surface area (Å²) in [4.78, 5) is 11.1. The molecule has 4 unspecified atom stereocenters. The molecule has 5 heteroatoms. The summed E-state index contributed by atoms with van der Waals surface area (Å²) in [6.07, 6.45) is -2.13. The van der Waals surface area contributed by atoms with Crippen LogP contribution in [0.4, 0.5) is 0 Å². The number of aliphatic hydroxyl groups excluding tert-OH is 1. The highest BCUT2D eigenvalue weighted by molar-refractivity contribution is 5.74. The number of methoxy groups -OCH3 is 2. The van der Waals surface area contributed by atoms with E-state index in [1.54, 1.807) is 0 Å². The van der Waals surface area contributed by atoms with Gasteiger partial charge in [0, 0.05) is 13.5 Å². The van der Waals surface area contributed by atoms with Gasteiger partial charge in [-0.3, -0.25) is 0 Å². The molecule has 1 fully saturated rings. The Labute approximate surface area is 79.4 Å². The van der Waals surface area contributed by atoms with E-state index in [4.69, 9.17) is 7.48 Å². The summed E-state index contributed by atoms with van der Waals surface area (Å²) in [5, 5.41) is 9.48. The predicted octanol–water partition coefficient (Wildman–Crippen LogP) is -0.676. The van der Waals surface area contributed by atoms with E-state index in [0.717, 1.165) is 0 Å². The van der Waals surface area contributed by atoms with E-state index in [1.807, 2.05) is 0 Å². The number of rotatable bonds is 3. The molecule has 0 aromatic heterocycles. The van der Waals surface area contributed by atoms with Crippen molar-refractivity contribution in [1.29, 1.82) is 0 Å². The van der Waals surface area contributed by atoms with Crippen molar-refractivity contribution in [3.05, 3.63) is 0 Å². The highest BCUT2D eigenvalue weighted by atomic mass is 16.6. The van der Waals surface area contributed by atoms with Gasteiger partial charge < -0.3 is 19.3 Å². The number of esters is 1. The molecule has 1 heterocycles. The van der Waals surface area contributed by atoms with Crippen LogP contribution in [0.5, 0.6) is 0 Å². The lowest BCUT2D eigenvalue weighted by atomic mass is 10.1. The molecule has 13 heavy (non-hydrogen) atoms. The van der Waals surface area contributed by atoms with Gasteiger partial charge in [0.2, 0.25) is 0 Å². The molecule has 0 amide bonds. The van der Waals surface area contributed by atoms with Crippen molar-refractivity contribution in [3.63, 3.8) is 0 Å². The SMILES string of the molecule is [2H]C([3H])OCC1OC(C(=O)OC)CC1O. The van der Waals surface area contributed by atoms with Crippen molar-refractivity contribution >= 4 is 5.97 Å². The molecule has 0 saturated carbocycles. The second-order valence-electron chi connectivity index (χ2n) is 2.82. The Morgan fingerprint density at radius 3 is 3.38 bits per heavy atom. The van der Waals surface area contributed by atoms with Crippen molar-refractivity contribution in [1.82, 2.24) is 0 Å². The van der Waals surface area contributed by atoms with Crippen molar-refractivity contribution in [2.75, 3.05) is 20.8 Å². The van der Waals surface area contributed by atoms with E-state index < -0.39 is 31.3 Å². The van der Waals surface area contributed by atoms with Crippen molar-refractivity contribution in [2.45, 2.75) is 24.7 Å². The van der Waals surface area contributed by atoms with Crippen LogP contribution in [-0.2, 0) is 19.0 Å². The van der Waals surface area contributed by atoms with Crippen molar-refractivity contribution in [3.8, 4) is 0 Å². The largest absolute Gasteiger partial charge is 0.467 e. The van der Waals surface area contributed by atoms with Crippen LogP contribution in [0.2, 0.25) is 0 Å². The Morgan fingerprint density at radius 2 is 2.77 bits per heavy atom. The summed E-state index contributed by atoms with van der Waals surface area (Å²) >= 11 is 0. The molecule has 0 aliphatic carbocycles. The Kier molecular flexibility index (Phi) is 2.70. The third-order valence-corrected chi connectivity index (χ3v) is 1.95. The minimum absolute atomic E-state index is 0.0771. The van der Waals surface area contributed by atoms with Crippen molar-refractivity contribution in [2.24, 2.45) is 0 Å². The Balaban J connectivity index is 2.39. The normalized spacial score (nSPS) is 37.8. The fraction of sp³-hybridized carbons (Fsp3) is 0.875. The smallest absolute Gasteiger partial charge is 0.335 e. The number of aliphatic hydroxyl groups is 1. The summed E-state index contributed by atoms with van der Waals surface area (Å²) in [5.41, 5.74) is 0. The van der Waals surface area contributed by atoms with Crippen LogP contribution in [0.15, 0.2) is 0 Å². The molecule has 0 spiro atoms. The number of carbonyl (C=O) groups excluding carboxylic acids is 1. The average molecular weight is 193 g/mol. The first-order valence-electron chi connectivity index (χ1n) is 5.07. The molecule has 1 rings (SSSR count). The van der Waals surface area contributed by atoms with Gasteiger partial charge in [0.1, 0.15) is 6.10 Å². The van der Waals surface area contributed by atoms with Crippen LogP contribution in [0.3, 0.4) is 0 Å². The predicted molar refractivity (Wildman–Crippen MR) is 43.2 cm³/mol. The van der Waals surface area contributed by atoms with Crippen molar-refractivity contribution < 1.29 is 26.9 Å². The van der Waals surface area contributed by atoms with E-state index >= 15 is 0 Å². The zero-order valence-corrected chi connectivity index (χ0v) is 7.30. The van der Waals surface area contributed by atoms with E-state index in [2.05, 4.69) is 9.47 Å². The van der Waals surface area contributed by atoms with Gasteiger partial charge in [0.25, 0.3) is 0 Å². The fourth-order valence-corrected chi connectivity index (χ4v) is 1.26. The third kappa shape index (κ3) is 2.40. The topological polar surface area (TPSA) is 65.0 Å². The summed E-state index contributed by atoms with van der Waals surface area (Å²) in [5.74, 6) is -0.537. The summed E-state index contributed by atoms with van der Waals surface area (Å²) in [7, 11) is -0.177. The maximum absolute atomic E-state index is 11.1. The van der Waals surface area contributed by atoms with Crippen LogP contribution < -0.4 is 0 Å². The fourth-order valence-electron chi connectivity index (χ4n) is 1.26. The molecule has 76 valence electrons. The Morgan fingerprint density at radius 1 is 2.00 bits per heavy atom. The van der Waals surface area contributed by atoms with Crippen LogP contribution in [0, 0.1) is 0 Å². The van der Waals surface area contributed by atoms with Gasteiger partial charge in [-0.25, -0.2) is 4.79 Å². The van der Waals surface area contributed by atoms with E-state index in [0.29, 0.717) is 0 Å². The number of ether oxygens (including phenoxy) is 3. The lowest BCUT2D eigenvalue weighted by molar-refractivity contribution is -0.154. The first-order valence-corrected chi connectivity index (χ1v) is 3.92. The quantitative estimate of drug-likeness (QED) is 0.602. The first-order chi connectivity index (χ1) is 7.04. The van der Waals surface area contributed by atoms with Gasteiger partial charge in [-0.1, -0.05) is 0 Å². The van der Waals surface area contributed by atoms with E-state index in [-0.39, 0.29) is 13.0 Å². The van der Waals surface area contributed by atoms with Gasteiger partial charge in [-0.15, -0.1) is 0 Å². The second kappa shape index (κ2) is 4.55. The minimum Gasteiger partial charge on any atom is -0.467 e. The number of hydrogen-bond donors (Lipinski definition) is 1. The molecule has 0 aromatic rings. The maximum Gasteiger partial charge on any atom is 0.335 e. The maximum atomic E-state index is 11.1. The highest BCUT2D eigenvalue weighted by Crippen LogP contribution is 2.21. The van der Waals surface area contributed by atoms with Crippen LogP contribution >= 0.6 is 0 Å². The van der Waals surface area contributed by atoms with Gasteiger partial charge in [-0.05, 0) is 0 Å². The molecule has 0 aromatic carbocycles. The summed E-state index contributed by atoms with van der Waals surface area (Å²) in [6.45, 7) is -0.0771. The van der Waals surface area contributed by atoms with E-state index in [9.17, 15) is 9.90 Å². The molecule has 0 radical (unpaired) electrons. The van der Waals surface area contributed by atoms with Crippen LogP contribution in [0.25, 0.3) is 0 Å². The molecule has 0 bridgehead atoms. The molecule has 1 N–H and O–H groups in total. The monoisotopic (exact) mass is 193 g/mol. The van der Waals surface area contributed by atoms with Crippen LogP contribution in [0.1, 0.15) is 9.16 Å². The molecule has 1 aliphatic heterocycles. The van der Waals surface area contributed by atoms with Gasteiger partial charge in [0.05, 0.1) is 22.6 Å². The zero-order chi connectivity index (χ0) is 11.4. The van der Waals surface area contributed by atoms with Gasteiger partial charge in [-0.2, -0.15) is 0 Å². The second-order valence-corrected chi connectivity index (χ2v) is 2.82. The standard InChI is InChI=1S/C8H14O5/c1-11-4-7-5(9)3-6(13-7)8(10)12-2/h5-7,9H,3-4H2,1-2H3/i1TD. The molecular formula is C8H14O5. The zero-order valence-electron chi connectivity index (χ0n) is 9.30. The lowest BCUT2D eigenvalue weighted by Gasteiger charge is -2.12. The van der Waals surface area contributed by atoms with Crippen LogP contribution in [-0.4, -0.2) is 50.2 Å². The Bertz CT molecular complexity index is 223. The number of hydrogen-bond acceptors (Lipinski definition) is 5. The molecular weight excluding hydrogens is 176 g/mol. The first kappa shape index (κ1) is 7.73. The van der Waals surface area contributed by atoms with E-state index in [1.165, 1.54) is 7.11 Å². The molecule has 5 nitrogen and oxygen atoms in total. The third-order valence-electron chi connectivity index (χ3n) is 1.95. The molecule has 4 atom stereocenters.